The Morgan fingerprint density at radius 3 is 2.83 bits per heavy atom. The Morgan fingerprint density at radius 2 is 2.17 bits per heavy atom. The molecule has 0 radical (unpaired) electrons. The zero-order chi connectivity index (χ0) is 13.1. The van der Waals surface area contributed by atoms with Crippen LogP contribution in [0.2, 0.25) is 0 Å². The van der Waals surface area contributed by atoms with Crippen LogP contribution in [-0.2, 0) is 6.54 Å². The van der Waals surface area contributed by atoms with Gasteiger partial charge in [0.25, 0.3) is 0 Å². The van der Waals surface area contributed by atoms with Crippen molar-refractivity contribution >= 4 is 5.69 Å². The molecule has 3 nitrogen and oxygen atoms in total. The van der Waals surface area contributed by atoms with Gasteiger partial charge in [-0.15, -0.1) is 0 Å². The predicted molar refractivity (Wildman–Crippen MR) is 72.8 cm³/mol. The maximum atomic E-state index is 13.7. The molecule has 1 aliphatic rings. The fraction of sp³-hybridized carbons (Fsp3) is 0.571. The molecule has 4 heteroatoms. The number of rotatable bonds is 3. The smallest absolute Gasteiger partial charge is 0.129 e. The van der Waals surface area contributed by atoms with Crippen LogP contribution in [0.5, 0.6) is 0 Å². The maximum Gasteiger partial charge on any atom is 0.129 e. The molecule has 0 spiro atoms. The normalized spacial score (nSPS) is 22.3. The van der Waals surface area contributed by atoms with E-state index >= 15 is 0 Å². The first-order valence-corrected chi connectivity index (χ1v) is 6.56. The highest BCUT2D eigenvalue weighted by Gasteiger charge is 2.23. The van der Waals surface area contributed by atoms with E-state index in [0.29, 0.717) is 18.3 Å². The van der Waals surface area contributed by atoms with Crippen molar-refractivity contribution in [2.75, 3.05) is 32.4 Å². The Kier molecular flexibility index (Phi) is 4.19. The van der Waals surface area contributed by atoms with Crippen LogP contribution < -0.4 is 5.73 Å². The van der Waals surface area contributed by atoms with Crippen molar-refractivity contribution in [1.82, 2.24) is 9.80 Å². The second kappa shape index (κ2) is 5.67. The number of nitrogens with zero attached hydrogens (tertiary/aromatic N) is 2. The molecule has 1 aromatic carbocycles. The lowest BCUT2D eigenvalue weighted by atomic mass is 10.1. The van der Waals surface area contributed by atoms with Crippen molar-refractivity contribution in [3.8, 4) is 0 Å². The molecule has 18 heavy (non-hydrogen) atoms. The molecule has 100 valence electrons. The second-order valence-electron chi connectivity index (χ2n) is 5.13. The van der Waals surface area contributed by atoms with Crippen LogP contribution in [-0.4, -0.2) is 42.5 Å². The molecule has 0 aromatic heterocycles. The van der Waals surface area contributed by atoms with Gasteiger partial charge in [-0.25, -0.2) is 4.39 Å². The van der Waals surface area contributed by atoms with Crippen LogP contribution in [0.3, 0.4) is 0 Å². The first kappa shape index (κ1) is 13.3. The van der Waals surface area contributed by atoms with E-state index in [9.17, 15) is 4.39 Å². The molecule has 1 saturated heterocycles. The van der Waals surface area contributed by atoms with Crippen LogP contribution in [0.15, 0.2) is 18.2 Å². The predicted octanol–water partition coefficient (Wildman–Crippen LogP) is 1.93. The minimum absolute atomic E-state index is 0.193. The molecule has 0 saturated carbocycles. The van der Waals surface area contributed by atoms with E-state index < -0.39 is 0 Å². The third-order valence-corrected chi connectivity index (χ3v) is 3.80. The second-order valence-corrected chi connectivity index (χ2v) is 5.13. The molecule has 1 aliphatic heterocycles. The lowest BCUT2D eigenvalue weighted by Crippen LogP contribution is -2.50. The SMILES string of the molecule is CCC1CN(Cc2ccc(N)cc2F)CCN1C. The van der Waals surface area contributed by atoms with Gasteiger partial charge in [-0.05, 0) is 25.6 Å². The fourth-order valence-electron chi connectivity index (χ4n) is 2.53. The van der Waals surface area contributed by atoms with Gasteiger partial charge in [-0.1, -0.05) is 13.0 Å². The molecule has 2 N–H and O–H groups in total. The number of hydrogen-bond donors (Lipinski definition) is 1. The Morgan fingerprint density at radius 1 is 1.39 bits per heavy atom. The number of anilines is 1. The topological polar surface area (TPSA) is 32.5 Å². The number of piperazine rings is 1. The summed E-state index contributed by atoms with van der Waals surface area (Å²) in [6, 6.07) is 5.55. The van der Waals surface area contributed by atoms with Gasteiger partial charge in [0, 0.05) is 43.5 Å². The summed E-state index contributed by atoms with van der Waals surface area (Å²) in [5, 5.41) is 0. The van der Waals surface area contributed by atoms with Gasteiger partial charge < -0.3 is 10.6 Å². The standard InChI is InChI=1S/C14H22FN3/c1-3-13-10-18(7-6-17(13)2)9-11-4-5-12(16)8-14(11)15/h4-5,8,13H,3,6-7,9-10,16H2,1-2H3. The Bertz CT molecular complexity index is 408. The molecule has 0 bridgehead atoms. The van der Waals surface area contributed by atoms with Gasteiger partial charge >= 0.3 is 0 Å². The monoisotopic (exact) mass is 251 g/mol. The van der Waals surface area contributed by atoms with Crippen molar-refractivity contribution in [2.45, 2.75) is 25.9 Å². The summed E-state index contributed by atoms with van der Waals surface area (Å²) < 4.78 is 13.7. The average molecular weight is 251 g/mol. The summed E-state index contributed by atoms with van der Waals surface area (Å²) in [6.07, 6.45) is 1.14. The van der Waals surface area contributed by atoms with E-state index in [4.69, 9.17) is 5.73 Å². The van der Waals surface area contributed by atoms with E-state index in [1.165, 1.54) is 6.07 Å². The minimum atomic E-state index is -0.193. The van der Waals surface area contributed by atoms with E-state index in [1.807, 2.05) is 0 Å². The van der Waals surface area contributed by atoms with Crippen molar-refractivity contribution < 1.29 is 4.39 Å². The van der Waals surface area contributed by atoms with Crippen molar-refractivity contribution in [2.24, 2.45) is 0 Å². The molecule has 0 aliphatic carbocycles. The van der Waals surface area contributed by atoms with Crippen LogP contribution in [0.25, 0.3) is 0 Å². The van der Waals surface area contributed by atoms with Crippen LogP contribution >= 0.6 is 0 Å². The zero-order valence-corrected chi connectivity index (χ0v) is 11.2. The lowest BCUT2D eigenvalue weighted by Gasteiger charge is -2.39. The quantitative estimate of drug-likeness (QED) is 0.833. The zero-order valence-electron chi connectivity index (χ0n) is 11.2. The first-order chi connectivity index (χ1) is 8.60. The summed E-state index contributed by atoms with van der Waals surface area (Å²) in [4.78, 5) is 4.71. The number of nitrogens with two attached hydrogens (primary N) is 1. The van der Waals surface area contributed by atoms with Gasteiger partial charge in [-0.3, -0.25) is 4.90 Å². The highest BCUT2D eigenvalue weighted by molar-refractivity contribution is 5.40. The highest BCUT2D eigenvalue weighted by atomic mass is 19.1. The van der Waals surface area contributed by atoms with Crippen LogP contribution in [0.1, 0.15) is 18.9 Å². The molecular formula is C14H22FN3. The van der Waals surface area contributed by atoms with E-state index in [2.05, 4.69) is 23.8 Å². The van der Waals surface area contributed by atoms with Crippen molar-refractivity contribution in [1.29, 1.82) is 0 Å². The number of hydrogen-bond acceptors (Lipinski definition) is 3. The molecule has 1 atom stereocenters. The fourth-order valence-corrected chi connectivity index (χ4v) is 2.53. The summed E-state index contributed by atoms with van der Waals surface area (Å²) in [5.74, 6) is -0.193. The van der Waals surface area contributed by atoms with Crippen molar-refractivity contribution in [3.63, 3.8) is 0 Å². The summed E-state index contributed by atoms with van der Waals surface area (Å²) >= 11 is 0. The third kappa shape index (κ3) is 3.00. The van der Waals surface area contributed by atoms with Gasteiger partial charge in [0.2, 0.25) is 0 Å². The average Bonchev–Trinajstić information content (AvgIpc) is 2.35. The third-order valence-electron chi connectivity index (χ3n) is 3.80. The van der Waals surface area contributed by atoms with Gasteiger partial charge in [-0.2, -0.15) is 0 Å². The molecule has 0 amide bonds. The van der Waals surface area contributed by atoms with E-state index in [1.54, 1.807) is 12.1 Å². The van der Waals surface area contributed by atoms with Crippen LogP contribution in [0, 0.1) is 5.82 Å². The molecule has 1 unspecified atom stereocenters. The van der Waals surface area contributed by atoms with Gasteiger partial charge in [0.15, 0.2) is 0 Å². The summed E-state index contributed by atoms with van der Waals surface area (Å²) in [6.45, 7) is 5.94. The molecular weight excluding hydrogens is 229 g/mol. The molecule has 1 aromatic rings. The lowest BCUT2D eigenvalue weighted by molar-refractivity contribution is 0.0876. The maximum absolute atomic E-state index is 13.7. The van der Waals surface area contributed by atoms with Crippen molar-refractivity contribution in [3.05, 3.63) is 29.6 Å². The highest BCUT2D eigenvalue weighted by Crippen LogP contribution is 2.17. The summed E-state index contributed by atoms with van der Waals surface area (Å²) in [7, 11) is 2.16. The molecule has 2 rings (SSSR count). The minimum Gasteiger partial charge on any atom is -0.399 e. The van der Waals surface area contributed by atoms with Gasteiger partial charge in [0.05, 0.1) is 0 Å². The Hall–Kier alpha value is -1.13. The molecule has 1 heterocycles. The number of halogens is 1. The van der Waals surface area contributed by atoms with Crippen LogP contribution in [0.4, 0.5) is 10.1 Å². The number of nitrogen functional groups attached to an aromatic ring is 1. The summed E-state index contributed by atoms with van der Waals surface area (Å²) in [5.41, 5.74) is 6.79. The Balaban J connectivity index is 2.01. The molecule has 1 fully saturated rings. The largest absolute Gasteiger partial charge is 0.399 e. The Labute approximate surface area is 108 Å². The number of benzene rings is 1. The number of likely N-dealkylation sites (N-methyl/N-ethyl adjacent to an activating group) is 1. The van der Waals surface area contributed by atoms with E-state index in [0.717, 1.165) is 31.6 Å². The first-order valence-electron chi connectivity index (χ1n) is 6.56. The van der Waals surface area contributed by atoms with E-state index in [-0.39, 0.29) is 5.82 Å². The van der Waals surface area contributed by atoms with Gasteiger partial charge in [0.1, 0.15) is 5.82 Å².